The summed E-state index contributed by atoms with van der Waals surface area (Å²) >= 11 is 5.27. The van der Waals surface area contributed by atoms with Gasteiger partial charge in [0.25, 0.3) is 11.5 Å². The minimum Gasteiger partial charge on any atom is -0.337 e. The quantitative estimate of drug-likeness (QED) is 0.525. The van der Waals surface area contributed by atoms with Gasteiger partial charge in [-0.1, -0.05) is 6.08 Å². The van der Waals surface area contributed by atoms with Gasteiger partial charge in [-0.05, 0) is 36.5 Å². The van der Waals surface area contributed by atoms with Crippen molar-refractivity contribution in [2.24, 2.45) is 0 Å². The molecule has 0 atom stereocenters. The number of hydrogen-bond donors (Lipinski definition) is 1. The molecule has 0 radical (unpaired) electrons. The molecule has 0 unspecified atom stereocenters. The number of nitrogens with zero attached hydrogens (tertiary/aromatic N) is 5. The number of aromatic amines is 1. The minimum absolute atomic E-state index is 0.0740. The molecular formula is C20H20N6O2S. The Morgan fingerprint density at radius 1 is 1.21 bits per heavy atom. The maximum Gasteiger partial charge on any atom is 0.262 e. The molecule has 0 spiro atoms. The number of nitrogens with one attached hydrogen (secondary N) is 1. The van der Waals surface area contributed by atoms with Gasteiger partial charge in [-0.2, -0.15) is 0 Å². The van der Waals surface area contributed by atoms with Crippen LogP contribution in [0.5, 0.6) is 0 Å². The average molecular weight is 408 g/mol. The number of fused-ring (bicyclic) bond motifs is 1. The van der Waals surface area contributed by atoms with E-state index in [0.29, 0.717) is 59.9 Å². The molecule has 8 nitrogen and oxygen atoms in total. The lowest BCUT2D eigenvalue weighted by Crippen LogP contribution is -2.49. The number of piperazine rings is 1. The Labute approximate surface area is 172 Å². The van der Waals surface area contributed by atoms with Crippen LogP contribution in [0.1, 0.15) is 10.4 Å². The third-order valence-electron chi connectivity index (χ3n) is 4.94. The Morgan fingerprint density at radius 3 is 2.62 bits per heavy atom. The molecule has 29 heavy (non-hydrogen) atoms. The van der Waals surface area contributed by atoms with Crippen molar-refractivity contribution in [1.29, 1.82) is 0 Å². The van der Waals surface area contributed by atoms with Crippen LogP contribution in [0.2, 0.25) is 0 Å². The number of rotatable bonds is 4. The van der Waals surface area contributed by atoms with E-state index in [1.807, 2.05) is 0 Å². The number of H-pyrrole nitrogens is 1. The molecule has 4 rings (SSSR count). The first-order valence-corrected chi connectivity index (χ1v) is 9.68. The Balaban J connectivity index is 1.55. The second kappa shape index (κ2) is 7.96. The molecule has 0 bridgehead atoms. The van der Waals surface area contributed by atoms with E-state index in [0.717, 1.165) is 0 Å². The van der Waals surface area contributed by atoms with Crippen LogP contribution in [-0.2, 0) is 6.54 Å². The lowest BCUT2D eigenvalue weighted by Gasteiger charge is -2.34. The number of carbonyl (C=O) groups excluding carboxylic acids is 1. The second-order valence-corrected chi connectivity index (χ2v) is 7.11. The number of carbonyl (C=O) groups is 1. The van der Waals surface area contributed by atoms with E-state index in [9.17, 15) is 9.59 Å². The molecular weight excluding hydrogens is 388 g/mol. The van der Waals surface area contributed by atoms with Gasteiger partial charge >= 0.3 is 0 Å². The third kappa shape index (κ3) is 3.68. The van der Waals surface area contributed by atoms with Crippen molar-refractivity contribution < 1.29 is 4.79 Å². The van der Waals surface area contributed by atoms with Gasteiger partial charge in [-0.25, -0.2) is 9.97 Å². The highest BCUT2D eigenvalue weighted by atomic mass is 32.1. The Bertz CT molecular complexity index is 1180. The molecule has 1 amide bonds. The van der Waals surface area contributed by atoms with Gasteiger partial charge in [0.2, 0.25) is 5.95 Å². The Hall–Kier alpha value is -3.33. The standard InChI is InChI=1S/C20H20N6O2S/c1-2-8-26-18(28)15-5-4-14(13-16(15)23-20(26)29)17(27)24-9-11-25(12-10-24)19-21-6-3-7-22-19/h2-7,13H,1,8-12H2,(H,23,29). The number of amides is 1. The van der Waals surface area contributed by atoms with Crippen LogP contribution in [0.25, 0.3) is 10.9 Å². The predicted octanol–water partition coefficient (Wildman–Crippen LogP) is 2.00. The summed E-state index contributed by atoms with van der Waals surface area (Å²) in [6, 6.07) is 6.83. The molecule has 1 aliphatic rings. The van der Waals surface area contributed by atoms with Crippen LogP contribution in [0.4, 0.5) is 5.95 Å². The maximum atomic E-state index is 13.0. The van der Waals surface area contributed by atoms with Crippen molar-refractivity contribution in [3.8, 4) is 0 Å². The zero-order valence-corrected chi connectivity index (χ0v) is 16.6. The summed E-state index contributed by atoms with van der Waals surface area (Å²) < 4.78 is 1.75. The molecule has 0 saturated carbocycles. The lowest BCUT2D eigenvalue weighted by molar-refractivity contribution is 0.0746. The average Bonchev–Trinajstić information content (AvgIpc) is 2.76. The van der Waals surface area contributed by atoms with Gasteiger partial charge in [-0.3, -0.25) is 14.2 Å². The fraction of sp³-hybridized carbons (Fsp3) is 0.250. The van der Waals surface area contributed by atoms with Crippen LogP contribution >= 0.6 is 12.2 Å². The van der Waals surface area contributed by atoms with E-state index in [1.54, 1.807) is 47.6 Å². The highest BCUT2D eigenvalue weighted by Gasteiger charge is 2.23. The number of anilines is 1. The monoisotopic (exact) mass is 408 g/mol. The van der Waals surface area contributed by atoms with Crippen molar-refractivity contribution in [1.82, 2.24) is 24.4 Å². The van der Waals surface area contributed by atoms with E-state index in [4.69, 9.17) is 12.2 Å². The highest BCUT2D eigenvalue weighted by molar-refractivity contribution is 7.71. The fourth-order valence-electron chi connectivity index (χ4n) is 3.43. The summed E-state index contributed by atoms with van der Waals surface area (Å²) in [5, 5.41) is 0.489. The van der Waals surface area contributed by atoms with Crippen LogP contribution in [-0.4, -0.2) is 56.5 Å². The Kier molecular flexibility index (Phi) is 5.22. The summed E-state index contributed by atoms with van der Waals surface area (Å²) in [6.45, 7) is 6.46. The summed E-state index contributed by atoms with van der Waals surface area (Å²) in [7, 11) is 0. The van der Waals surface area contributed by atoms with Crippen LogP contribution in [0, 0.1) is 4.77 Å². The first kappa shape index (κ1) is 19.0. The molecule has 0 aliphatic carbocycles. The van der Waals surface area contributed by atoms with Gasteiger partial charge in [0, 0.05) is 50.7 Å². The van der Waals surface area contributed by atoms with Crippen molar-refractivity contribution in [2.45, 2.75) is 6.54 Å². The van der Waals surface area contributed by atoms with Crippen LogP contribution < -0.4 is 10.5 Å². The van der Waals surface area contributed by atoms with Crippen LogP contribution in [0.3, 0.4) is 0 Å². The minimum atomic E-state index is -0.195. The molecule has 1 fully saturated rings. The zero-order chi connectivity index (χ0) is 20.4. The molecule has 1 aliphatic heterocycles. The van der Waals surface area contributed by atoms with Crippen molar-refractivity contribution >= 4 is 35.0 Å². The summed E-state index contributed by atoms with van der Waals surface area (Å²) in [5.41, 5.74) is 0.884. The van der Waals surface area contributed by atoms with E-state index in [2.05, 4.69) is 26.4 Å². The predicted molar refractivity (Wildman–Crippen MR) is 114 cm³/mol. The first-order valence-electron chi connectivity index (χ1n) is 9.27. The van der Waals surface area contributed by atoms with Gasteiger partial charge in [-0.15, -0.1) is 6.58 Å². The highest BCUT2D eigenvalue weighted by Crippen LogP contribution is 2.16. The summed E-state index contributed by atoms with van der Waals surface area (Å²) in [6.07, 6.45) is 5.04. The van der Waals surface area contributed by atoms with Gasteiger partial charge < -0.3 is 14.8 Å². The molecule has 1 saturated heterocycles. The largest absolute Gasteiger partial charge is 0.337 e. The van der Waals surface area contributed by atoms with Gasteiger partial charge in [0.05, 0.1) is 10.9 Å². The SMILES string of the molecule is C=CCn1c(=S)[nH]c2cc(C(=O)N3CCN(c4ncccn4)CC3)ccc2c1=O. The van der Waals surface area contributed by atoms with Gasteiger partial charge in [0.1, 0.15) is 0 Å². The van der Waals surface area contributed by atoms with E-state index >= 15 is 0 Å². The number of hydrogen-bond acceptors (Lipinski definition) is 6. The van der Waals surface area contributed by atoms with E-state index in [-0.39, 0.29) is 11.5 Å². The van der Waals surface area contributed by atoms with Crippen molar-refractivity contribution in [3.63, 3.8) is 0 Å². The molecule has 1 aromatic carbocycles. The molecule has 9 heteroatoms. The lowest BCUT2D eigenvalue weighted by atomic mass is 10.1. The summed E-state index contributed by atoms with van der Waals surface area (Å²) in [5.74, 6) is 0.601. The summed E-state index contributed by atoms with van der Waals surface area (Å²) in [4.78, 5) is 41.0. The molecule has 2 aromatic heterocycles. The van der Waals surface area contributed by atoms with Gasteiger partial charge in [0.15, 0.2) is 4.77 Å². The van der Waals surface area contributed by atoms with E-state index in [1.165, 1.54) is 4.57 Å². The normalized spacial score (nSPS) is 14.2. The van der Waals surface area contributed by atoms with E-state index < -0.39 is 0 Å². The molecule has 3 aromatic rings. The smallest absolute Gasteiger partial charge is 0.262 e. The first-order chi connectivity index (χ1) is 14.1. The third-order valence-corrected chi connectivity index (χ3v) is 5.26. The topological polar surface area (TPSA) is 87.1 Å². The number of aromatic nitrogens is 4. The Morgan fingerprint density at radius 2 is 1.93 bits per heavy atom. The maximum absolute atomic E-state index is 13.0. The van der Waals surface area contributed by atoms with Crippen molar-refractivity contribution in [2.75, 3.05) is 31.1 Å². The fourth-order valence-corrected chi connectivity index (χ4v) is 3.70. The number of allylic oxidation sites excluding steroid dienone is 1. The van der Waals surface area contributed by atoms with Crippen LogP contribution in [0.15, 0.2) is 54.1 Å². The molecule has 1 N–H and O–H groups in total. The molecule has 148 valence electrons. The number of benzene rings is 1. The second-order valence-electron chi connectivity index (χ2n) is 6.72. The zero-order valence-electron chi connectivity index (χ0n) is 15.7. The van der Waals surface area contributed by atoms with Crippen molar-refractivity contribution in [3.05, 3.63) is 70.0 Å². The molecule has 3 heterocycles.